The molecule has 14 heavy (non-hydrogen) atoms. The van der Waals surface area contributed by atoms with Crippen molar-refractivity contribution in [1.82, 2.24) is 5.32 Å². The Kier molecular flexibility index (Phi) is 2.73. The van der Waals surface area contributed by atoms with Gasteiger partial charge in [0.05, 0.1) is 6.17 Å². The Labute approximate surface area is 85.7 Å². The van der Waals surface area contributed by atoms with Gasteiger partial charge in [-0.3, -0.25) is 5.32 Å². The summed E-state index contributed by atoms with van der Waals surface area (Å²) in [6.45, 7) is 5.42. The van der Waals surface area contributed by atoms with Gasteiger partial charge in [0.25, 0.3) is 0 Å². The lowest BCUT2D eigenvalue weighted by molar-refractivity contribution is 0.679. The van der Waals surface area contributed by atoms with Crippen LogP contribution in [0.5, 0.6) is 0 Å². The number of aryl methyl sites for hydroxylation is 2. The van der Waals surface area contributed by atoms with Gasteiger partial charge in [-0.25, -0.2) is 0 Å². The monoisotopic (exact) mass is 190 g/mol. The van der Waals surface area contributed by atoms with Crippen LogP contribution in [0.1, 0.15) is 24.0 Å². The fourth-order valence-electron chi connectivity index (χ4n) is 2.07. The molecule has 2 rings (SSSR count). The van der Waals surface area contributed by atoms with E-state index in [1.807, 2.05) is 0 Å². The molecule has 0 saturated carbocycles. The summed E-state index contributed by atoms with van der Waals surface area (Å²) in [6, 6.07) is 6.60. The largest absolute Gasteiger partial charge is 0.370 e. The molecule has 1 heterocycles. The van der Waals surface area contributed by atoms with Crippen molar-refractivity contribution in [2.45, 2.75) is 32.9 Å². The topological polar surface area (TPSA) is 24.1 Å². The SMILES string of the molecule is Cc1cc(C)cc(NC2CCCN2)c1. The van der Waals surface area contributed by atoms with Crippen LogP contribution >= 0.6 is 0 Å². The van der Waals surface area contributed by atoms with Crippen molar-refractivity contribution in [2.75, 3.05) is 11.9 Å². The van der Waals surface area contributed by atoms with Crippen LogP contribution in [0.4, 0.5) is 5.69 Å². The molecule has 1 aromatic rings. The van der Waals surface area contributed by atoms with E-state index in [0.29, 0.717) is 6.17 Å². The summed E-state index contributed by atoms with van der Waals surface area (Å²) >= 11 is 0. The first-order chi connectivity index (χ1) is 6.74. The van der Waals surface area contributed by atoms with Crippen molar-refractivity contribution >= 4 is 5.69 Å². The summed E-state index contributed by atoms with van der Waals surface area (Å²) in [5.41, 5.74) is 3.89. The van der Waals surface area contributed by atoms with Gasteiger partial charge in [0.2, 0.25) is 0 Å². The minimum absolute atomic E-state index is 0.469. The summed E-state index contributed by atoms with van der Waals surface area (Å²) in [5, 5.41) is 6.94. The number of hydrogen-bond acceptors (Lipinski definition) is 2. The standard InChI is InChI=1S/C12H18N2/c1-9-6-10(2)8-11(7-9)14-12-4-3-5-13-12/h6-8,12-14H,3-5H2,1-2H3. The van der Waals surface area contributed by atoms with Crippen molar-refractivity contribution in [2.24, 2.45) is 0 Å². The zero-order chi connectivity index (χ0) is 9.97. The van der Waals surface area contributed by atoms with Crippen LogP contribution in [0.25, 0.3) is 0 Å². The van der Waals surface area contributed by atoms with E-state index in [9.17, 15) is 0 Å². The zero-order valence-electron chi connectivity index (χ0n) is 8.93. The number of nitrogens with one attached hydrogen (secondary N) is 2. The van der Waals surface area contributed by atoms with Crippen LogP contribution in [0.15, 0.2) is 18.2 Å². The molecule has 1 aromatic carbocycles. The van der Waals surface area contributed by atoms with E-state index in [0.717, 1.165) is 6.54 Å². The molecule has 0 bridgehead atoms. The number of benzene rings is 1. The Bertz CT molecular complexity index is 294. The summed E-state index contributed by atoms with van der Waals surface area (Å²) in [4.78, 5) is 0. The Balaban J connectivity index is 2.07. The highest BCUT2D eigenvalue weighted by atomic mass is 15.1. The van der Waals surface area contributed by atoms with Gasteiger partial charge in [0, 0.05) is 5.69 Å². The van der Waals surface area contributed by atoms with Crippen molar-refractivity contribution in [3.63, 3.8) is 0 Å². The predicted molar refractivity (Wildman–Crippen MR) is 60.6 cm³/mol. The van der Waals surface area contributed by atoms with Gasteiger partial charge >= 0.3 is 0 Å². The lowest BCUT2D eigenvalue weighted by Crippen LogP contribution is -2.29. The second-order valence-electron chi connectivity index (χ2n) is 4.17. The first-order valence-electron chi connectivity index (χ1n) is 5.32. The zero-order valence-corrected chi connectivity index (χ0v) is 8.93. The molecule has 76 valence electrons. The average Bonchev–Trinajstić information content (AvgIpc) is 2.54. The van der Waals surface area contributed by atoms with Crippen molar-refractivity contribution in [3.8, 4) is 0 Å². The fourth-order valence-corrected chi connectivity index (χ4v) is 2.07. The fraction of sp³-hybridized carbons (Fsp3) is 0.500. The molecule has 0 aliphatic carbocycles. The van der Waals surface area contributed by atoms with Crippen LogP contribution in [0.2, 0.25) is 0 Å². The molecule has 1 saturated heterocycles. The van der Waals surface area contributed by atoms with Crippen LogP contribution in [-0.2, 0) is 0 Å². The normalized spacial score (nSPS) is 21.1. The molecule has 2 nitrogen and oxygen atoms in total. The predicted octanol–water partition coefficient (Wildman–Crippen LogP) is 2.42. The van der Waals surface area contributed by atoms with E-state index >= 15 is 0 Å². The Hall–Kier alpha value is -1.02. The van der Waals surface area contributed by atoms with Gasteiger partial charge in [-0.1, -0.05) is 6.07 Å². The second-order valence-corrected chi connectivity index (χ2v) is 4.17. The highest BCUT2D eigenvalue weighted by Crippen LogP contribution is 2.16. The second kappa shape index (κ2) is 4.01. The summed E-state index contributed by atoms with van der Waals surface area (Å²) < 4.78 is 0. The third-order valence-electron chi connectivity index (χ3n) is 2.62. The average molecular weight is 190 g/mol. The quantitative estimate of drug-likeness (QED) is 0.748. The van der Waals surface area contributed by atoms with Crippen molar-refractivity contribution in [1.29, 1.82) is 0 Å². The maximum Gasteiger partial charge on any atom is 0.0768 e. The highest BCUT2D eigenvalue weighted by molar-refractivity contribution is 5.49. The molecule has 0 radical (unpaired) electrons. The maximum atomic E-state index is 3.51. The van der Waals surface area contributed by atoms with Crippen LogP contribution in [-0.4, -0.2) is 12.7 Å². The maximum absolute atomic E-state index is 3.51. The molecule has 1 atom stereocenters. The molecule has 0 amide bonds. The number of rotatable bonds is 2. The molecule has 1 aliphatic rings. The van der Waals surface area contributed by atoms with Crippen molar-refractivity contribution < 1.29 is 0 Å². The molecule has 0 aromatic heterocycles. The van der Waals surface area contributed by atoms with Crippen LogP contribution in [0.3, 0.4) is 0 Å². The van der Waals surface area contributed by atoms with Crippen LogP contribution < -0.4 is 10.6 Å². The van der Waals surface area contributed by atoms with E-state index < -0.39 is 0 Å². The first kappa shape index (κ1) is 9.53. The lowest BCUT2D eigenvalue weighted by atomic mass is 10.1. The molecule has 1 fully saturated rings. The third-order valence-corrected chi connectivity index (χ3v) is 2.62. The third kappa shape index (κ3) is 2.26. The van der Waals surface area contributed by atoms with E-state index in [1.54, 1.807) is 0 Å². The highest BCUT2D eigenvalue weighted by Gasteiger charge is 2.12. The minimum Gasteiger partial charge on any atom is -0.370 e. The van der Waals surface area contributed by atoms with E-state index in [-0.39, 0.29) is 0 Å². The van der Waals surface area contributed by atoms with E-state index in [4.69, 9.17) is 0 Å². The molecule has 2 N–H and O–H groups in total. The van der Waals surface area contributed by atoms with Gasteiger partial charge in [0.15, 0.2) is 0 Å². The number of anilines is 1. The van der Waals surface area contributed by atoms with Crippen molar-refractivity contribution in [3.05, 3.63) is 29.3 Å². The first-order valence-corrected chi connectivity index (χ1v) is 5.32. The van der Waals surface area contributed by atoms with E-state index in [2.05, 4.69) is 42.7 Å². The minimum atomic E-state index is 0.469. The molecule has 1 aliphatic heterocycles. The Morgan fingerprint density at radius 1 is 1.21 bits per heavy atom. The van der Waals surface area contributed by atoms with Gasteiger partial charge in [0.1, 0.15) is 0 Å². The Morgan fingerprint density at radius 2 is 1.93 bits per heavy atom. The summed E-state index contributed by atoms with van der Waals surface area (Å²) in [6.07, 6.45) is 2.98. The Morgan fingerprint density at radius 3 is 2.50 bits per heavy atom. The molecule has 2 heteroatoms. The number of hydrogen-bond donors (Lipinski definition) is 2. The molecular formula is C12H18N2. The van der Waals surface area contributed by atoms with Crippen LogP contribution in [0, 0.1) is 13.8 Å². The van der Waals surface area contributed by atoms with Gasteiger partial charge in [-0.15, -0.1) is 0 Å². The smallest absolute Gasteiger partial charge is 0.0768 e. The molecule has 0 spiro atoms. The van der Waals surface area contributed by atoms with E-state index in [1.165, 1.54) is 29.7 Å². The summed E-state index contributed by atoms with van der Waals surface area (Å²) in [5.74, 6) is 0. The summed E-state index contributed by atoms with van der Waals surface area (Å²) in [7, 11) is 0. The van der Waals surface area contributed by atoms with Gasteiger partial charge < -0.3 is 5.32 Å². The molecular weight excluding hydrogens is 172 g/mol. The van der Waals surface area contributed by atoms with Gasteiger partial charge in [-0.05, 0) is 56.5 Å². The van der Waals surface area contributed by atoms with Gasteiger partial charge in [-0.2, -0.15) is 0 Å². The lowest BCUT2D eigenvalue weighted by Gasteiger charge is -2.15. The molecule has 1 unspecified atom stereocenters.